The topological polar surface area (TPSA) is 99.2 Å². The van der Waals surface area contributed by atoms with Crippen molar-refractivity contribution in [3.05, 3.63) is 42.1 Å². The van der Waals surface area contributed by atoms with Crippen LogP contribution in [0.5, 0.6) is 5.75 Å². The van der Waals surface area contributed by atoms with Crippen LogP contribution in [0.4, 0.5) is 4.39 Å². The number of nitrogens with zero attached hydrogens (tertiary/aromatic N) is 6. The highest BCUT2D eigenvalue weighted by Gasteiger charge is 2.30. The van der Waals surface area contributed by atoms with Gasteiger partial charge in [0.05, 0.1) is 12.2 Å². The molecule has 1 aromatic carbocycles. The molecule has 156 valence electrons. The van der Waals surface area contributed by atoms with Crippen LogP contribution >= 0.6 is 0 Å². The third-order valence-corrected chi connectivity index (χ3v) is 5.48. The van der Waals surface area contributed by atoms with E-state index in [9.17, 15) is 9.18 Å². The first-order valence-electron chi connectivity index (χ1n) is 10.1. The maximum absolute atomic E-state index is 12.9. The molecule has 5 rings (SSSR count). The molecule has 0 radical (unpaired) electrons. The highest BCUT2D eigenvalue weighted by molar-refractivity contribution is 5.77. The van der Waals surface area contributed by atoms with Crippen LogP contribution in [0.1, 0.15) is 43.5 Å². The fourth-order valence-electron chi connectivity index (χ4n) is 3.55. The molecule has 9 nitrogen and oxygen atoms in total. The molecule has 0 spiro atoms. The SMILES string of the molecule is O=C(COc1ccc(F)cc1)N1CCC(n2cc(-c3nc(C4CC4)no3)nn2)CC1. The van der Waals surface area contributed by atoms with Crippen molar-refractivity contribution in [1.82, 2.24) is 30.0 Å². The Bertz CT molecular complexity index is 1020. The van der Waals surface area contributed by atoms with Gasteiger partial charge in [0.15, 0.2) is 18.1 Å². The Hall–Kier alpha value is -3.30. The summed E-state index contributed by atoms with van der Waals surface area (Å²) in [6.45, 7) is 1.15. The van der Waals surface area contributed by atoms with Gasteiger partial charge in [0.2, 0.25) is 0 Å². The van der Waals surface area contributed by atoms with Gasteiger partial charge in [0, 0.05) is 19.0 Å². The number of hydrogen-bond donors (Lipinski definition) is 0. The summed E-state index contributed by atoms with van der Waals surface area (Å²) in [5.41, 5.74) is 0.570. The molecule has 1 saturated carbocycles. The summed E-state index contributed by atoms with van der Waals surface area (Å²) in [7, 11) is 0. The maximum atomic E-state index is 12.9. The van der Waals surface area contributed by atoms with Crippen molar-refractivity contribution in [1.29, 1.82) is 0 Å². The lowest BCUT2D eigenvalue weighted by Crippen LogP contribution is -2.41. The number of carbonyl (C=O) groups excluding carboxylic acids is 1. The predicted octanol–water partition coefficient (Wildman–Crippen LogP) is 2.59. The van der Waals surface area contributed by atoms with E-state index in [2.05, 4.69) is 20.5 Å². The summed E-state index contributed by atoms with van der Waals surface area (Å²) < 4.78 is 25.5. The Morgan fingerprint density at radius 1 is 1.17 bits per heavy atom. The van der Waals surface area contributed by atoms with Gasteiger partial charge in [-0.1, -0.05) is 10.4 Å². The minimum atomic E-state index is -0.338. The zero-order valence-corrected chi connectivity index (χ0v) is 16.3. The fraction of sp³-hybridized carbons (Fsp3) is 0.450. The average Bonchev–Trinajstić information content (AvgIpc) is 3.30. The average molecular weight is 412 g/mol. The van der Waals surface area contributed by atoms with Crippen LogP contribution in [0.25, 0.3) is 11.6 Å². The summed E-state index contributed by atoms with van der Waals surface area (Å²) in [4.78, 5) is 18.6. The van der Waals surface area contributed by atoms with Crippen LogP contribution in [-0.2, 0) is 4.79 Å². The number of benzene rings is 1. The number of rotatable bonds is 6. The number of piperidine rings is 1. The summed E-state index contributed by atoms with van der Waals surface area (Å²) >= 11 is 0. The van der Waals surface area contributed by atoms with Crippen LogP contribution in [0.2, 0.25) is 0 Å². The third-order valence-electron chi connectivity index (χ3n) is 5.48. The van der Waals surface area contributed by atoms with Gasteiger partial charge >= 0.3 is 0 Å². The van der Waals surface area contributed by atoms with Crippen molar-refractivity contribution in [2.75, 3.05) is 19.7 Å². The molecule has 2 aromatic heterocycles. The molecule has 0 atom stereocenters. The second-order valence-corrected chi connectivity index (χ2v) is 7.67. The maximum Gasteiger partial charge on any atom is 0.280 e. The minimum Gasteiger partial charge on any atom is -0.484 e. The molecule has 2 aliphatic rings. The number of hydrogen-bond acceptors (Lipinski definition) is 7. The van der Waals surface area contributed by atoms with E-state index in [1.54, 1.807) is 4.90 Å². The van der Waals surface area contributed by atoms with Crippen LogP contribution in [0.15, 0.2) is 35.0 Å². The van der Waals surface area contributed by atoms with Crippen LogP contribution < -0.4 is 4.74 Å². The lowest BCUT2D eigenvalue weighted by molar-refractivity contribution is -0.134. The molecule has 1 amide bonds. The van der Waals surface area contributed by atoms with Crippen LogP contribution in [0.3, 0.4) is 0 Å². The largest absolute Gasteiger partial charge is 0.484 e. The summed E-state index contributed by atoms with van der Waals surface area (Å²) in [5.74, 6) is 1.61. The van der Waals surface area contributed by atoms with Gasteiger partial charge in [0.1, 0.15) is 11.6 Å². The molecule has 1 aliphatic heterocycles. The van der Waals surface area contributed by atoms with Crippen molar-refractivity contribution in [2.24, 2.45) is 0 Å². The first-order chi connectivity index (χ1) is 14.7. The number of likely N-dealkylation sites (tertiary alicyclic amines) is 1. The number of amides is 1. The van der Waals surface area contributed by atoms with Crippen LogP contribution in [0, 0.1) is 5.82 Å². The van der Waals surface area contributed by atoms with Gasteiger partial charge in [-0.3, -0.25) is 4.79 Å². The molecule has 0 unspecified atom stereocenters. The van der Waals surface area contributed by atoms with Crippen molar-refractivity contribution >= 4 is 5.91 Å². The molecular formula is C20H21FN6O3. The zero-order valence-electron chi connectivity index (χ0n) is 16.3. The van der Waals surface area contributed by atoms with Gasteiger partial charge in [-0.15, -0.1) is 5.10 Å². The van der Waals surface area contributed by atoms with E-state index < -0.39 is 0 Å². The molecule has 30 heavy (non-hydrogen) atoms. The quantitative estimate of drug-likeness (QED) is 0.614. The third kappa shape index (κ3) is 4.03. The molecule has 3 heterocycles. The molecule has 2 fully saturated rings. The normalized spacial score (nSPS) is 17.3. The molecule has 1 saturated heterocycles. The van der Waals surface area contributed by atoms with E-state index in [4.69, 9.17) is 9.26 Å². The Balaban J connectivity index is 1.13. The van der Waals surface area contributed by atoms with Gasteiger partial charge in [-0.2, -0.15) is 4.98 Å². The molecule has 0 bridgehead atoms. The minimum absolute atomic E-state index is 0.0652. The van der Waals surface area contributed by atoms with E-state index in [1.165, 1.54) is 24.3 Å². The Morgan fingerprint density at radius 2 is 1.93 bits per heavy atom. The molecular weight excluding hydrogens is 391 g/mol. The first kappa shape index (κ1) is 18.7. The number of aromatic nitrogens is 5. The van der Waals surface area contributed by atoms with Crippen molar-refractivity contribution in [3.8, 4) is 17.3 Å². The van der Waals surface area contributed by atoms with Gasteiger partial charge in [-0.25, -0.2) is 9.07 Å². The second-order valence-electron chi connectivity index (χ2n) is 7.67. The van der Waals surface area contributed by atoms with Gasteiger partial charge < -0.3 is 14.2 Å². The fourth-order valence-corrected chi connectivity index (χ4v) is 3.55. The lowest BCUT2D eigenvalue weighted by Gasteiger charge is -2.31. The molecule has 1 aliphatic carbocycles. The monoisotopic (exact) mass is 412 g/mol. The zero-order chi connectivity index (χ0) is 20.5. The summed E-state index contributed by atoms with van der Waals surface area (Å²) in [6.07, 6.45) is 5.57. The molecule has 10 heteroatoms. The Morgan fingerprint density at radius 3 is 2.67 bits per heavy atom. The standard InChI is InChI=1S/C20H21FN6O3/c21-14-3-5-16(6-4-14)29-12-18(28)26-9-7-15(8-10-26)27-11-17(23-25-27)20-22-19(24-30-20)13-1-2-13/h3-6,11,13,15H,1-2,7-10,12H2. The van der Waals surface area contributed by atoms with E-state index in [0.29, 0.717) is 36.3 Å². The number of carbonyl (C=O) groups is 1. The van der Waals surface area contributed by atoms with E-state index in [0.717, 1.165) is 31.5 Å². The summed E-state index contributed by atoms with van der Waals surface area (Å²) in [6, 6.07) is 5.78. The lowest BCUT2D eigenvalue weighted by atomic mass is 10.1. The molecule has 0 N–H and O–H groups in total. The van der Waals surface area contributed by atoms with E-state index in [-0.39, 0.29) is 24.4 Å². The first-order valence-corrected chi connectivity index (χ1v) is 10.1. The number of halogens is 1. The van der Waals surface area contributed by atoms with Crippen molar-refractivity contribution in [3.63, 3.8) is 0 Å². The Kier molecular flexibility index (Phi) is 4.89. The van der Waals surface area contributed by atoms with Gasteiger partial charge in [0.25, 0.3) is 11.8 Å². The van der Waals surface area contributed by atoms with E-state index >= 15 is 0 Å². The van der Waals surface area contributed by atoms with Crippen molar-refractivity contribution < 1.29 is 18.4 Å². The number of ether oxygens (including phenoxy) is 1. The highest BCUT2D eigenvalue weighted by atomic mass is 19.1. The predicted molar refractivity (Wildman–Crippen MR) is 102 cm³/mol. The van der Waals surface area contributed by atoms with E-state index in [1.807, 2.05) is 10.9 Å². The second kappa shape index (κ2) is 7.85. The van der Waals surface area contributed by atoms with Crippen LogP contribution in [-0.4, -0.2) is 55.6 Å². The molecule has 3 aromatic rings. The highest BCUT2D eigenvalue weighted by Crippen LogP contribution is 2.38. The summed E-state index contributed by atoms with van der Waals surface area (Å²) in [5, 5.41) is 12.4. The Labute approximate surface area is 171 Å². The van der Waals surface area contributed by atoms with Gasteiger partial charge in [-0.05, 0) is 49.9 Å². The van der Waals surface area contributed by atoms with Crippen molar-refractivity contribution in [2.45, 2.75) is 37.6 Å². The smallest absolute Gasteiger partial charge is 0.280 e.